The van der Waals surface area contributed by atoms with Gasteiger partial charge in [0.2, 0.25) is 0 Å². The van der Waals surface area contributed by atoms with Gasteiger partial charge in [-0.25, -0.2) is 0 Å². The Balaban J connectivity index is 3.20. The molecule has 0 atom stereocenters. The summed E-state index contributed by atoms with van der Waals surface area (Å²) in [5.74, 6) is 0.679. The quantitative estimate of drug-likeness (QED) is 0.719. The van der Waals surface area contributed by atoms with Crippen molar-refractivity contribution < 1.29 is 9.53 Å². The van der Waals surface area contributed by atoms with E-state index in [1.54, 1.807) is 12.1 Å². The summed E-state index contributed by atoms with van der Waals surface area (Å²) in [7, 11) is 0. The number of halogens is 1. The van der Waals surface area contributed by atoms with Gasteiger partial charge in [-0.15, -0.1) is 0 Å². The molecule has 0 heterocycles. The van der Waals surface area contributed by atoms with Gasteiger partial charge in [0.05, 0.1) is 11.6 Å². The monoisotopic (exact) mass is 212 g/mol. The van der Waals surface area contributed by atoms with E-state index in [4.69, 9.17) is 16.3 Å². The number of rotatable bonds is 3. The minimum Gasteiger partial charge on any atom is -0.494 e. The van der Waals surface area contributed by atoms with Gasteiger partial charge in [-0.3, -0.25) is 4.79 Å². The van der Waals surface area contributed by atoms with Crippen LogP contribution in [0.1, 0.15) is 29.8 Å². The Morgan fingerprint density at radius 2 is 2.14 bits per heavy atom. The summed E-state index contributed by atoms with van der Waals surface area (Å²) in [5.41, 5.74) is 1.46. The highest BCUT2D eigenvalue weighted by Gasteiger charge is 2.09. The number of benzene rings is 1. The molecule has 0 N–H and O–H groups in total. The molecule has 76 valence electrons. The maximum atomic E-state index is 11.2. The summed E-state index contributed by atoms with van der Waals surface area (Å²) in [6.45, 7) is 5.88. The lowest BCUT2D eigenvalue weighted by atomic mass is 10.1. The highest BCUT2D eigenvalue weighted by Crippen LogP contribution is 2.26. The van der Waals surface area contributed by atoms with Crippen molar-refractivity contribution in [3.63, 3.8) is 0 Å². The van der Waals surface area contributed by atoms with Gasteiger partial charge in [0.25, 0.3) is 0 Å². The van der Waals surface area contributed by atoms with E-state index < -0.39 is 0 Å². The number of Topliss-reactive ketones (excluding diaryl/α,β-unsaturated/α-hetero) is 1. The Bertz CT molecular complexity index is 359. The van der Waals surface area contributed by atoms with Crippen LogP contribution in [0.25, 0.3) is 0 Å². The first-order valence-corrected chi connectivity index (χ1v) is 4.88. The zero-order chi connectivity index (χ0) is 10.7. The Kier molecular flexibility index (Phi) is 3.53. The second-order valence-electron chi connectivity index (χ2n) is 3.09. The predicted molar refractivity (Wildman–Crippen MR) is 57.4 cm³/mol. The second kappa shape index (κ2) is 4.47. The van der Waals surface area contributed by atoms with Gasteiger partial charge in [0, 0.05) is 5.56 Å². The van der Waals surface area contributed by atoms with Crippen LogP contribution in [0, 0.1) is 6.92 Å². The molecular weight excluding hydrogens is 200 g/mol. The van der Waals surface area contributed by atoms with E-state index in [0.29, 0.717) is 17.2 Å². The number of carbonyl (C=O) groups excluding carboxylic acids is 1. The fraction of sp³-hybridized carbons (Fsp3) is 0.364. The van der Waals surface area contributed by atoms with Crippen molar-refractivity contribution in [2.75, 3.05) is 6.61 Å². The summed E-state index contributed by atoms with van der Waals surface area (Å²) in [6, 6.07) is 3.45. The molecule has 0 fully saturated rings. The molecule has 1 aromatic rings. The summed E-state index contributed by atoms with van der Waals surface area (Å²) >= 11 is 5.92. The van der Waals surface area contributed by atoms with Crippen LogP contribution in [-0.4, -0.2) is 12.4 Å². The van der Waals surface area contributed by atoms with Crippen LogP contribution in [0.4, 0.5) is 0 Å². The molecule has 0 amide bonds. The molecule has 0 radical (unpaired) electrons. The number of carbonyl (C=O) groups is 1. The number of ether oxygens (including phenoxy) is 1. The molecular formula is C11H13ClO2. The molecule has 1 aromatic carbocycles. The van der Waals surface area contributed by atoms with Crippen molar-refractivity contribution in [2.45, 2.75) is 20.8 Å². The van der Waals surface area contributed by atoms with Gasteiger partial charge in [0.1, 0.15) is 5.75 Å². The zero-order valence-corrected chi connectivity index (χ0v) is 9.31. The van der Waals surface area contributed by atoms with Gasteiger partial charge in [-0.05, 0) is 38.5 Å². The van der Waals surface area contributed by atoms with Crippen LogP contribution in [0.3, 0.4) is 0 Å². The van der Waals surface area contributed by atoms with Crippen LogP contribution < -0.4 is 4.74 Å². The van der Waals surface area contributed by atoms with Crippen LogP contribution >= 0.6 is 11.6 Å². The van der Waals surface area contributed by atoms with Crippen molar-refractivity contribution in [3.8, 4) is 5.75 Å². The molecule has 2 nitrogen and oxygen atoms in total. The average Bonchev–Trinajstić information content (AvgIpc) is 2.09. The van der Waals surface area contributed by atoms with Gasteiger partial charge >= 0.3 is 0 Å². The fourth-order valence-electron chi connectivity index (χ4n) is 1.23. The number of aryl methyl sites for hydroxylation is 1. The van der Waals surface area contributed by atoms with E-state index in [0.717, 1.165) is 11.3 Å². The number of ketones is 1. The molecule has 0 saturated carbocycles. The first kappa shape index (κ1) is 11.1. The average molecular weight is 213 g/mol. The van der Waals surface area contributed by atoms with Crippen LogP contribution in [0.5, 0.6) is 5.75 Å². The minimum absolute atomic E-state index is 0.0454. The lowest BCUT2D eigenvalue weighted by Gasteiger charge is -2.09. The van der Waals surface area contributed by atoms with E-state index >= 15 is 0 Å². The molecule has 0 saturated heterocycles. The van der Waals surface area contributed by atoms with Gasteiger partial charge in [0.15, 0.2) is 5.78 Å². The highest BCUT2D eigenvalue weighted by atomic mass is 35.5. The smallest absolute Gasteiger partial charge is 0.161 e. The molecule has 0 aliphatic heterocycles. The largest absolute Gasteiger partial charge is 0.494 e. The lowest BCUT2D eigenvalue weighted by Crippen LogP contribution is -1.99. The molecule has 0 aliphatic rings. The van der Waals surface area contributed by atoms with E-state index in [1.807, 2.05) is 13.8 Å². The predicted octanol–water partition coefficient (Wildman–Crippen LogP) is 3.25. The third kappa shape index (κ3) is 2.26. The normalized spacial score (nSPS) is 10.0. The van der Waals surface area contributed by atoms with E-state index in [2.05, 4.69) is 0 Å². The van der Waals surface area contributed by atoms with Gasteiger partial charge in [-0.2, -0.15) is 0 Å². The Labute approximate surface area is 88.8 Å². The van der Waals surface area contributed by atoms with Gasteiger partial charge < -0.3 is 4.74 Å². The molecule has 0 bridgehead atoms. The van der Waals surface area contributed by atoms with Gasteiger partial charge in [-0.1, -0.05) is 11.6 Å². The molecule has 0 unspecified atom stereocenters. The van der Waals surface area contributed by atoms with Crippen molar-refractivity contribution in [3.05, 3.63) is 28.3 Å². The Morgan fingerprint density at radius 3 is 2.64 bits per heavy atom. The molecule has 0 spiro atoms. The number of hydrogen-bond donors (Lipinski definition) is 0. The van der Waals surface area contributed by atoms with Crippen LogP contribution in [-0.2, 0) is 0 Å². The topological polar surface area (TPSA) is 26.3 Å². The summed E-state index contributed by atoms with van der Waals surface area (Å²) < 4.78 is 5.37. The molecule has 0 aromatic heterocycles. The van der Waals surface area contributed by atoms with Crippen LogP contribution in [0.2, 0.25) is 5.02 Å². The molecule has 14 heavy (non-hydrogen) atoms. The maximum Gasteiger partial charge on any atom is 0.161 e. The van der Waals surface area contributed by atoms with Crippen molar-refractivity contribution in [1.82, 2.24) is 0 Å². The van der Waals surface area contributed by atoms with E-state index in [-0.39, 0.29) is 5.78 Å². The first-order valence-electron chi connectivity index (χ1n) is 4.50. The highest BCUT2D eigenvalue weighted by molar-refractivity contribution is 6.34. The fourth-order valence-corrected chi connectivity index (χ4v) is 1.58. The summed E-state index contributed by atoms with van der Waals surface area (Å²) in [6.07, 6.45) is 0. The molecule has 3 heteroatoms. The second-order valence-corrected chi connectivity index (χ2v) is 3.49. The minimum atomic E-state index is -0.0454. The SMILES string of the molecule is CCOc1cc(C(C)=O)c(Cl)cc1C. The van der Waals surface area contributed by atoms with Crippen molar-refractivity contribution in [2.24, 2.45) is 0 Å². The van der Waals surface area contributed by atoms with E-state index in [1.165, 1.54) is 6.92 Å². The van der Waals surface area contributed by atoms with E-state index in [9.17, 15) is 4.79 Å². The zero-order valence-electron chi connectivity index (χ0n) is 8.56. The summed E-state index contributed by atoms with van der Waals surface area (Å²) in [5, 5.41) is 0.485. The first-order chi connectivity index (χ1) is 6.56. The maximum absolute atomic E-state index is 11.2. The summed E-state index contributed by atoms with van der Waals surface area (Å²) in [4.78, 5) is 11.2. The standard InChI is InChI=1S/C11H13ClO2/c1-4-14-11-6-9(8(3)13)10(12)5-7(11)2/h5-6H,4H2,1-3H3. The Morgan fingerprint density at radius 1 is 1.50 bits per heavy atom. The third-order valence-electron chi connectivity index (χ3n) is 1.94. The van der Waals surface area contributed by atoms with Crippen molar-refractivity contribution in [1.29, 1.82) is 0 Å². The number of hydrogen-bond acceptors (Lipinski definition) is 2. The van der Waals surface area contributed by atoms with Crippen LogP contribution in [0.15, 0.2) is 12.1 Å². The lowest BCUT2D eigenvalue weighted by molar-refractivity contribution is 0.101. The molecule has 0 aliphatic carbocycles. The van der Waals surface area contributed by atoms with Crippen molar-refractivity contribution >= 4 is 17.4 Å². The third-order valence-corrected chi connectivity index (χ3v) is 2.26. The molecule has 1 rings (SSSR count). The Hall–Kier alpha value is -1.02.